The van der Waals surface area contributed by atoms with Crippen molar-refractivity contribution < 1.29 is 9.59 Å². The minimum atomic E-state index is -0.315. The van der Waals surface area contributed by atoms with Crippen LogP contribution in [0.3, 0.4) is 0 Å². The van der Waals surface area contributed by atoms with Crippen molar-refractivity contribution in [3.05, 3.63) is 76.8 Å². The van der Waals surface area contributed by atoms with Gasteiger partial charge in [-0.15, -0.1) is 0 Å². The summed E-state index contributed by atoms with van der Waals surface area (Å²) in [5.41, 5.74) is 5.14. The lowest BCUT2D eigenvalue weighted by molar-refractivity contribution is -0.115. The maximum absolute atomic E-state index is 12.5. The minimum Gasteiger partial charge on any atom is -0.326 e. The molecule has 0 fully saturated rings. The predicted octanol–water partition coefficient (Wildman–Crippen LogP) is 4.94. The van der Waals surface area contributed by atoms with Gasteiger partial charge in [0.1, 0.15) is 0 Å². The van der Waals surface area contributed by atoms with Gasteiger partial charge < -0.3 is 5.32 Å². The molecule has 0 atom stereocenters. The summed E-state index contributed by atoms with van der Waals surface area (Å²) in [6.45, 7) is 3.56. The van der Waals surface area contributed by atoms with Crippen molar-refractivity contribution in [3.63, 3.8) is 0 Å². The first kappa shape index (κ1) is 19.6. The van der Waals surface area contributed by atoms with Crippen molar-refractivity contribution in [1.29, 1.82) is 0 Å². The molecule has 0 saturated carbocycles. The number of carbonyl (C=O) groups excluding carboxylic acids is 2. The third-order valence-corrected chi connectivity index (χ3v) is 4.50. The van der Waals surface area contributed by atoms with E-state index in [9.17, 15) is 9.59 Å². The molecule has 0 unspecified atom stereocenters. The molecule has 0 saturated heterocycles. The SMILES string of the molecule is C/C(CC(=O)Nc1ccc(Cl)cc1C)=N/NC(=O)c1cccc2ccccc12. The molecule has 0 aliphatic rings. The van der Waals surface area contributed by atoms with Gasteiger partial charge in [0.05, 0.1) is 6.42 Å². The summed E-state index contributed by atoms with van der Waals surface area (Å²) in [7, 11) is 0. The fraction of sp³-hybridized carbons (Fsp3) is 0.136. The van der Waals surface area contributed by atoms with E-state index in [4.69, 9.17) is 11.6 Å². The lowest BCUT2D eigenvalue weighted by Gasteiger charge is -2.09. The highest BCUT2D eigenvalue weighted by atomic mass is 35.5. The van der Waals surface area contributed by atoms with Gasteiger partial charge in [-0.2, -0.15) is 5.10 Å². The fourth-order valence-electron chi connectivity index (χ4n) is 2.86. The van der Waals surface area contributed by atoms with E-state index in [-0.39, 0.29) is 18.2 Å². The largest absolute Gasteiger partial charge is 0.326 e. The van der Waals surface area contributed by atoms with Gasteiger partial charge in [-0.05, 0) is 54.4 Å². The Morgan fingerprint density at radius 3 is 2.57 bits per heavy atom. The van der Waals surface area contributed by atoms with Crippen LogP contribution in [0.5, 0.6) is 0 Å². The van der Waals surface area contributed by atoms with Gasteiger partial charge in [0.15, 0.2) is 0 Å². The van der Waals surface area contributed by atoms with Crippen molar-refractivity contribution in [2.24, 2.45) is 5.10 Å². The number of nitrogens with one attached hydrogen (secondary N) is 2. The molecule has 3 aromatic rings. The molecule has 2 N–H and O–H groups in total. The molecule has 0 heterocycles. The first-order valence-corrected chi connectivity index (χ1v) is 9.19. The lowest BCUT2D eigenvalue weighted by atomic mass is 10.0. The topological polar surface area (TPSA) is 70.6 Å². The number of carbonyl (C=O) groups is 2. The summed E-state index contributed by atoms with van der Waals surface area (Å²) in [6.07, 6.45) is 0.0673. The van der Waals surface area contributed by atoms with Gasteiger partial charge in [0, 0.05) is 22.0 Å². The maximum atomic E-state index is 12.5. The smallest absolute Gasteiger partial charge is 0.271 e. The van der Waals surface area contributed by atoms with Crippen LogP contribution >= 0.6 is 11.6 Å². The normalized spacial score (nSPS) is 11.3. The molecule has 0 spiro atoms. The molecule has 28 heavy (non-hydrogen) atoms. The molecule has 3 rings (SSSR count). The number of hydrazone groups is 1. The van der Waals surface area contributed by atoms with E-state index in [2.05, 4.69) is 15.8 Å². The Labute approximate surface area is 168 Å². The fourth-order valence-corrected chi connectivity index (χ4v) is 3.09. The Hall–Kier alpha value is -3.18. The highest BCUT2D eigenvalue weighted by molar-refractivity contribution is 6.30. The van der Waals surface area contributed by atoms with Crippen LogP contribution in [0.1, 0.15) is 29.3 Å². The van der Waals surface area contributed by atoms with Crippen molar-refractivity contribution in [1.82, 2.24) is 5.43 Å². The van der Waals surface area contributed by atoms with E-state index in [0.717, 1.165) is 16.3 Å². The Morgan fingerprint density at radius 2 is 1.79 bits per heavy atom. The zero-order chi connectivity index (χ0) is 20.1. The Kier molecular flexibility index (Phi) is 6.06. The van der Waals surface area contributed by atoms with E-state index in [0.29, 0.717) is 22.0 Å². The molecule has 0 radical (unpaired) electrons. The molecular formula is C22H20ClN3O2. The highest BCUT2D eigenvalue weighted by Crippen LogP contribution is 2.20. The first-order chi connectivity index (χ1) is 13.4. The molecule has 2 amide bonds. The third kappa shape index (κ3) is 4.75. The highest BCUT2D eigenvalue weighted by Gasteiger charge is 2.10. The van der Waals surface area contributed by atoms with Crippen molar-refractivity contribution in [3.8, 4) is 0 Å². The summed E-state index contributed by atoms with van der Waals surface area (Å²) < 4.78 is 0. The second-order valence-electron chi connectivity index (χ2n) is 6.50. The van der Waals surface area contributed by atoms with Crippen LogP contribution in [0, 0.1) is 6.92 Å². The predicted molar refractivity (Wildman–Crippen MR) is 114 cm³/mol. The third-order valence-electron chi connectivity index (χ3n) is 4.26. The van der Waals surface area contributed by atoms with E-state index >= 15 is 0 Å². The molecule has 5 nitrogen and oxygen atoms in total. The van der Waals surface area contributed by atoms with E-state index in [1.165, 1.54) is 0 Å². The molecule has 0 bridgehead atoms. The molecule has 0 aliphatic carbocycles. The second-order valence-corrected chi connectivity index (χ2v) is 6.94. The van der Waals surface area contributed by atoms with Gasteiger partial charge in [-0.3, -0.25) is 9.59 Å². The van der Waals surface area contributed by atoms with Crippen LogP contribution in [0.15, 0.2) is 65.8 Å². The number of aryl methyl sites for hydroxylation is 1. The van der Waals surface area contributed by atoms with Crippen molar-refractivity contribution >= 4 is 45.6 Å². The van der Waals surface area contributed by atoms with Gasteiger partial charge in [0.2, 0.25) is 5.91 Å². The zero-order valence-electron chi connectivity index (χ0n) is 15.6. The lowest BCUT2D eigenvalue weighted by Crippen LogP contribution is -2.21. The number of amides is 2. The molecule has 3 aromatic carbocycles. The number of halogens is 1. The molecule has 0 aliphatic heterocycles. The van der Waals surface area contributed by atoms with Crippen LogP contribution in [-0.2, 0) is 4.79 Å². The van der Waals surface area contributed by atoms with Crippen molar-refractivity contribution in [2.75, 3.05) is 5.32 Å². The maximum Gasteiger partial charge on any atom is 0.271 e. The molecule has 0 aromatic heterocycles. The van der Waals surface area contributed by atoms with E-state index < -0.39 is 0 Å². The molecule has 6 heteroatoms. The molecular weight excluding hydrogens is 374 g/mol. The summed E-state index contributed by atoms with van der Waals surface area (Å²) in [4.78, 5) is 24.7. The number of anilines is 1. The van der Waals surface area contributed by atoms with Crippen LogP contribution in [0.4, 0.5) is 5.69 Å². The Bertz CT molecular complexity index is 1070. The Balaban J connectivity index is 1.63. The number of hydrogen-bond acceptors (Lipinski definition) is 3. The Morgan fingerprint density at radius 1 is 1.04 bits per heavy atom. The molecule has 142 valence electrons. The monoisotopic (exact) mass is 393 g/mol. The summed E-state index contributed by atoms with van der Waals surface area (Å²) in [5.74, 6) is -0.531. The van der Waals surface area contributed by atoms with Crippen LogP contribution in [0.25, 0.3) is 10.8 Å². The van der Waals surface area contributed by atoms with Crippen LogP contribution < -0.4 is 10.7 Å². The van der Waals surface area contributed by atoms with Gasteiger partial charge in [-0.1, -0.05) is 48.0 Å². The average Bonchev–Trinajstić information content (AvgIpc) is 2.68. The van der Waals surface area contributed by atoms with Crippen molar-refractivity contribution in [2.45, 2.75) is 20.3 Å². The number of benzene rings is 3. The van der Waals surface area contributed by atoms with Gasteiger partial charge in [0.25, 0.3) is 5.91 Å². The summed E-state index contributed by atoms with van der Waals surface area (Å²) in [5, 5.41) is 9.33. The van der Waals surface area contributed by atoms with Crippen LogP contribution in [-0.4, -0.2) is 17.5 Å². The van der Waals surface area contributed by atoms with Gasteiger partial charge >= 0.3 is 0 Å². The number of hydrogen-bond donors (Lipinski definition) is 2. The van der Waals surface area contributed by atoms with E-state index in [1.807, 2.05) is 43.3 Å². The number of fused-ring (bicyclic) bond motifs is 1. The average molecular weight is 394 g/mol. The van der Waals surface area contributed by atoms with Gasteiger partial charge in [-0.25, -0.2) is 5.43 Å². The standard InChI is InChI=1S/C22H20ClN3O2/c1-14-12-17(23)10-11-20(14)24-21(27)13-15(2)25-26-22(28)19-9-5-7-16-6-3-4-8-18(16)19/h3-12H,13H2,1-2H3,(H,24,27)(H,26,28)/b25-15-. The van der Waals surface area contributed by atoms with E-state index in [1.54, 1.807) is 31.2 Å². The number of rotatable bonds is 5. The first-order valence-electron chi connectivity index (χ1n) is 8.81. The van der Waals surface area contributed by atoms with Crippen LogP contribution in [0.2, 0.25) is 5.02 Å². The summed E-state index contributed by atoms with van der Waals surface area (Å²) in [6, 6.07) is 18.4. The quantitative estimate of drug-likeness (QED) is 0.476. The minimum absolute atomic E-state index is 0.0673. The summed E-state index contributed by atoms with van der Waals surface area (Å²) >= 11 is 5.92. The second kappa shape index (κ2) is 8.67. The number of nitrogens with zero attached hydrogens (tertiary/aromatic N) is 1. The zero-order valence-corrected chi connectivity index (χ0v) is 16.4.